The highest BCUT2D eigenvalue weighted by atomic mass is 16.5. The molecule has 0 spiro atoms. The fraction of sp³-hybridized carbons (Fsp3) is 0.455. The van der Waals surface area contributed by atoms with Crippen LogP contribution in [0, 0.1) is 5.92 Å². The third-order valence-electron chi connectivity index (χ3n) is 2.36. The van der Waals surface area contributed by atoms with Gasteiger partial charge >= 0.3 is 0 Å². The number of hydrogen-bond acceptors (Lipinski definition) is 1. The molecular formula is C11H16O. The molecule has 0 bridgehead atoms. The second kappa shape index (κ2) is 4.15. The second-order valence-corrected chi connectivity index (χ2v) is 3.15. The van der Waals surface area contributed by atoms with Gasteiger partial charge in [-0.05, 0) is 25.8 Å². The summed E-state index contributed by atoms with van der Waals surface area (Å²) in [5.41, 5.74) is 1.39. The van der Waals surface area contributed by atoms with Crippen molar-refractivity contribution in [3.63, 3.8) is 0 Å². The molecule has 0 saturated heterocycles. The molecule has 1 nitrogen and oxygen atoms in total. The Morgan fingerprint density at radius 1 is 1.58 bits per heavy atom. The summed E-state index contributed by atoms with van der Waals surface area (Å²) < 4.78 is 5.43. The molecule has 0 saturated carbocycles. The third-order valence-corrected chi connectivity index (χ3v) is 2.36. The van der Waals surface area contributed by atoms with Crippen molar-refractivity contribution in [2.75, 3.05) is 6.61 Å². The van der Waals surface area contributed by atoms with Gasteiger partial charge in [-0.15, -0.1) is 0 Å². The Hall–Kier alpha value is -0.980. The van der Waals surface area contributed by atoms with Crippen molar-refractivity contribution in [1.29, 1.82) is 0 Å². The number of ether oxygens (including phenoxy) is 1. The van der Waals surface area contributed by atoms with E-state index >= 15 is 0 Å². The molecule has 1 atom stereocenters. The van der Waals surface area contributed by atoms with E-state index in [0.717, 1.165) is 18.8 Å². The van der Waals surface area contributed by atoms with E-state index in [9.17, 15) is 0 Å². The van der Waals surface area contributed by atoms with Crippen LogP contribution in [0.4, 0.5) is 0 Å². The first-order valence-electron chi connectivity index (χ1n) is 4.33. The molecular weight excluding hydrogens is 148 g/mol. The normalized spacial score (nSPS) is 23.3. The first-order chi connectivity index (χ1) is 5.75. The van der Waals surface area contributed by atoms with Crippen LogP contribution in [0.15, 0.2) is 36.1 Å². The van der Waals surface area contributed by atoms with E-state index in [2.05, 4.69) is 19.6 Å². The monoisotopic (exact) mass is 164 g/mol. The van der Waals surface area contributed by atoms with Crippen molar-refractivity contribution in [3.8, 4) is 0 Å². The minimum Gasteiger partial charge on any atom is -0.498 e. The van der Waals surface area contributed by atoms with Gasteiger partial charge in [-0.3, -0.25) is 0 Å². The van der Waals surface area contributed by atoms with Crippen LogP contribution in [0.25, 0.3) is 0 Å². The summed E-state index contributed by atoms with van der Waals surface area (Å²) in [6.07, 6.45) is 7.00. The average molecular weight is 164 g/mol. The zero-order chi connectivity index (χ0) is 8.97. The van der Waals surface area contributed by atoms with E-state index in [1.807, 2.05) is 19.1 Å². The van der Waals surface area contributed by atoms with Crippen molar-refractivity contribution in [2.24, 2.45) is 5.92 Å². The van der Waals surface area contributed by atoms with E-state index in [1.54, 1.807) is 0 Å². The SMILES string of the molecule is C=C/C=C\CC1COC(C)=C1C. The van der Waals surface area contributed by atoms with Crippen molar-refractivity contribution in [1.82, 2.24) is 0 Å². The number of hydrogen-bond donors (Lipinski definition) is 0. The Balaban J connectivity index is 2.45. The average Bonchev–Trinajstić information content (AvgIpc) is 2.36. The van der Waals surface area contributed by atoms with Gasteiger partial charge in [0.25, 0.3) is 0 Å². The molecule has 0 aromatic carbocycles. The number of rotatable bonds is 3. The van der Waals surface area contributed by atoms with Crippen LogP contribution in [-0.4, -0.2) is 6.61 Å². The van der Waals surface area contributed by atoms with Gasteiger partial charge in [0, 0.05) is 5.92 Å². The molecule has 1 aliphatic rings. The number of allylic oxidation sites excluding steroid dienone is 4. The first kappa shape index (κ1) is 9.11. The summed E-state index contributed by atoms with van der Waals surface area (Å²) in [6.45, 7) is 8.66. The molecule has 1 aliphatic heterocycles. The maximum atomic E-state index is 5.43. The Morgan fingerprint density at radius 3 is 2.83 bits per heavy atom. The summed E-state index contributed by atoms with van der Waals surface area (Å²) in [6, 6.07) is 0. The fourth-order valence-corrected chi connectivity index (χ4v) is 1.34. The molecule has 1 unspecified atom stereocenters. The zero-order valence-corrected chi connectivity index (χ0v) is 7.84. The topological polar surface area (TPSA) is 9.23 Å². The van der Waals surface area contributed by atoms with Gasteiger partial charge in [0.05, 0.1) is 12.4 Å². The van der Waals surface area contributed by atoms with E-state index in [4.69, 9.17) is 4.74 Å². The zero-order valence-electron chi connectivity index (χ0n) is 7.84. The van der Waals surface area contributed by atoms with Crippen molar-refractivity contribution >= 4 is 0 Å². The maximum Gasteiger partial charge on any atom is 0.0946 e. The molecule has 1 rings (SSSR count). The van der Waals surface area contributed by atoms with Gasteiger partial charge in [0.2, 0.25) is 0 Å². The summed E-state index contributed by atoms with van der Waals surface area (Å²) in [5.74, 6) is 1.69. The third kappa shape index (κ3) is 2.00. The second-order valence-electron chi connectivity index (χ2n) is 3.15. The lowest BCUT2D eigenvalue weighted by molar-refractivity contribution is 0.220. The molecule has 1 heteroatoms. The summed E-state index contributed by atoms with van der Waals surface area (Å²) >= 11 is 0. The predicted octanol–water partition coefficient (Wildman–Crippen LogP) is 3.06. The van der Waals surface area contributed by atoms with E-state index < -0.39 is 0 Å². The Labute approximate surface area is 74.4 Å². The van der Waals surface area contributed by atoms with Gasteiger partial charge in [0.15, 0.2) is 0 Å². The van der Waals surface area contributed by atoms with Gasteiger partial charge in [0.1, 0.15) is 0 Å². The lowest BCUT2D eigenvalue weighted by atomic mass is 9.99. The molecule has 66 valence electrons. The van der Waals surface area contributed by atoms with Crippen LogP contribution in [0.3, 0.4) is 0 Å². The molecule has 1 heterocycles. The molecule has 0 N–H and O–H groups in total. The lowest BCUT2D eigenvalue weighted by Crippen LogP contribution is -2.00. The summed E-state index contributed by atoms with van der Waals surface area (Å²) in [7, 11) is 0. The van der Waals surface area contributed by atoms with Crippen molar-refractivity contribution < 1.29 is 4.74 Å². The predicted molar refractivity (Wildman–Crippen MR) is 51.8 cm³/mol. The van der Waals surface area contributed by atoms with Crippen LogP contribution >= 0.6 is 0 Å². The van der Waals surface area contributed by atoms with Crippen LogP contribution < -0.4 is 0 Å². The molecule has 0 aromatic heterocycles. The summed E-state index contributed by atoms with van der Waals surface area (Å²) in [5, 5.41) is 0. The quantitative estimate of drug-likeness (QED) is 0.582. The Morgan fingerprint density at radius 2 is 2.33 bits per heavy atom. The smallest absolute Gasteiger partial charge is 0.0946 e. The lowest BCUT2D eigenvalue weighted by Gasteiger charge is -2.04. The molecule has 12 heavy (non-hydrogen) atoms. The summed E-state index contributed by atoms with van der Waals surface area (Å²) in [4.78, 5) is 0. The van der Waals surface area contributed by atoms with Gasteiger partial charge < -0.3 is 4.74 Å². The largest absolute Gasteiger partial charge is 0.498 e. The van der Waals surface area contributed by atoms with Gasteiger partial charge in [-0.1, -0.05) is 24.8 Å². The fourth-order valence-electron chi connectivity index (χ4n) is 1.34. The highest BCUT2D eigenvalue weighted by Crippen LogP contribution is 2.27. The minimum atomic E-state index is 0.584. The van der Waals surface area contributed by atoms with Crippen LogP contribution in [0.2, 0.25) is 0 Å². The molecule has 0 aliphatic carbocycles. The highest BCUT2D eigenvalue weighted by molar-refractivity contribution is 5.14. The minimum absolute atomic E-state index is 0.584. The molecule has 0 radical (unpaired) electrons. The van der Waals surface area contributed by atoms with Crippen LogP contribution in [-0.2, 0) is 4.74 Å². The Bertz CT molecular complexity index is 223. The first-order valence-corrected chi connectivity index (χ1v) is 4.33. The maximum absolute atomic E-state index is 5.43. The van der Waals surface area contributed by atoms with E-state index in [-0.39, 0.29) is 0 Å². The van der Waals surface area contributed by atoms with Gasteiger partial charge in [-0.25, -0.2) is 0 Å². The van der Waals surface area contributed by atoms with Crippen molar-refractivity contribution in [3.05, 3.63) is 36.1 Å². The van der Waals surface area contributed by atoms with E-state index in [1.165, 1.54) is 5.57 Å². The standard InChI is InChI=1S/C11H16O/c1-4-5-6-7-11-8-12-10(3)9(11)2/h4-6,11H,1,7-8H2,2-3H3/b6-5-. The highest BCUT2D eigenvalue weighted by Gasteiger charge is 2.19. The van der Waals surface area contributed by atoms with E-state index in [0.29, 0.717) is 5.92 Å². The molecule has 0 amide bonds. The van der Waals surface area contributed by atoms with Crippen molar-refractivity contribution in [2.45, 2.75) is 20.3 Å². The van der Waals surface area contributed by atoms with Crippen LogP contribution in [0.1, 0.15) is 20.3 Å². The Kier molecular flexibility index (Phi) is 3.15. The molecule has 0 fully saturated rings. The molecule has 0 aromatic rings. The van der Waals surface area contributed by atoms with Gasteiger partial charge in [-0.2, -0.15) is 0 Å². The van der Waals surface area contributed by atoms with Crippen LogP contribution in [0.5, 0.6) is 0 Å².